The number of para-hydroxylation sites is 1. The van der Waals surface area contributed by atoms with E-state index in [1.807, 2.05) is 43.3 Å². The molecule has 0 atom stereocenters. The van der Waals surface area contributed by atoms with E-state index in [1.54, 1.807) is 31.5 Å². The average Bonchev–Trinajstić information content (AvgIpc) is 3.25. The lowest BCUT2D eigenvalue weighted by atomic mass is 9.96. The first kappa shape index (κ1) is 22.5. The second kappa shape index (κ2) is 9.40. The molecule has 1 aliphatic heterocycles. The largest absolute Gasteiger partial charge is 0.496 e. The molecular weight excluding hydrogens is 422 g/mol. The first-order valence-corrected chi connectivity index (χ1v) is 10.9. The number of furan rings is 1. The Morgan fingerprint density at radius 1 is 1.06 bits per heavy atom. The SMILES string of the molecule is COc1cc2occ(-c3ccccc3OC)c2cc1/C(C)=C/C(=O)N1CCC(C(=O)O)CC1. The van der Waals surface area contributed by atoms with Gasteiger partial charge in [-0.15, -0.1) is 0 Å². The third kappa shape index (κ3) is 4.44. The van der Waals surface area contributed by atoms with Crippen molar-refractivity contribution in [3.63, 3.8) is 0 Å². The van der Waals surface area contributed by atoms with Gasteiger partial charge in [0.2, 0.25) is 5.91 Å². The molecule has 172 valence electrons. The number of carbonyl (C=O) groups is 2. The molecule has 0 aliphatic carbocycles. The van der Waals surface area contributed by atoms with Gasteiger partial charge in [0.05, 0.1) is 26.4 Å². The van der Waals surface area contributed by atoms with Crippen molar-refractivity contribution in [1.29, 1.82) is 0 Å². The summed E-state index contributed by atoms with van der Waals surface area (Å²) in [4.78, 5) is 25.7. The van der Waals surface area contributed by atoms with Gasteiger partial charge in [0.15, 0.2) is 0 Å². The fourth-order valence-corrected chi connectivity index (χ4v) is 4.31. The molecule has 33 heavy (non-hydrogen) atoms. The summed E-state index contributed by atoms with van der Waals surface area (Å²) in [7, 11) is 3.22. The Morgan fingerprint density at radius 3 is 2.42 bits per heavy atom. The van der Waals surface area contributed by atoms with Gasteiger partial charge in [-0.3, -0.25) is 9.59 Å². The molecule has 3 aromatic rings. The van der Waals surface area contributed by atoms with Crippen LogP contribution in [0.2, 0.25) is 0 Å². The number of carboxylic acid groups (broad SMARTS) is 1. The number of hydrogen-bond acceptors (Lipinski definition) is 5. The average molecular weight is 450 g/mol. The molecule has 0 spiro atoms. The molecule has 7 heteroatoms. The van der Waals surface area contributed by atoms with E-state index in [2.05, 4.69) is 0 Å². The van der Waals surface area contributed by atoms with Gasteiger partial charge >= 0.3 is 5.97 Å². The molecular formula is C26H27NO6. The van der Waals surface area contributed by atoms with Gasteiger partial charge in [0, 0.05) is 47.3 Å². The minimum absolute atomic E-state index is 0.129. The van der Waals surface area contributed by atoms with Crippen LogP contribution in [0.4, 0.5) is 0 Å². The number of fused-ring (bicyclic) bond motifs is 1. The first-order chi connectivity index (χ1) is 15.9. The number of hydrogen-bond donors (Lipinski definition) is 1. The third-order valence-corrected chi connectivity index (χ3v) is 6.21. The molecule has 0 bridgehead atoms. The molecule has 1 aliphatic rings. The molecule has 1 N–H and O–H groups in total. The van der Waals surface area contributed by atoms with Gasteiger partial charge in [0.25, 0.3) is 0 Å². The van der Waals surface area contributed by atoms with E-state index in [-0.39, 0.29) is 11.8 Å². The summed E-state index contributed by atoms with van der Waals surface area (Å²) in [6.45, 7) is 2.75. The van der Waals surface area contributed by atoms with Crippen molar-refractivity contribution < 1.29 is 28.6 Å². The van der Waals surface area contributed by atoms with Crippen LogP contribution in [0.15, 0.2) is 53.2 Å². The maximum atomic E-state index is 12.9. The number of methoxy groups -OCH3 is 2. The van der Waals surface area contributed by atoms with E-state index in [4.69, 9.17) is 13.9 Å². The highest BCUT2D eigenvalue weighted by Crippen LogP contribution is 2.40. The van der Waals surface area contributed by atoms with Crippen LogP contribution in [-0.4, -0.2) is 49.2 Å². The predicted molar refractivity (Wildman–Crippen MR) is 125 cm³/mol. The minimum atomic E-state index is -0.794. The Labute approximate surface area is 192 Å². The van der Waals surface area contributed by atoms with Gasteiger partial charge in [-0.2, -0.15) is 0 Å². The predicted octanol–water partition coefficient (Wildman–Crippen LogP) is 4.84. The van der Waals surface area contributed by atoms with Crippen LogP contribution >= 0.6 is 0 Å². The van der Waals surface area contributed by atoms with Crippen molar-refractivity contribution in [3.8, 4) is 22.6 Å². The standard InChI is InChI=1S/C26H27NO6/c1-16(12-25(28)27-10-8-17(9-11-27)26(29)30)19-13-20-21(15-33-24(20)14-23(19)32-3)18-6-4-5-7-22(18)31-2/h4-7,12-15,17H,8-11H2,1-3H3,(H,29,30)/b16-12+. The van der Waals surface area contributed by atoms with Crippen molar-refractivity contribution in [2.24, 2.45) is 5.92 Å². The molecule has 1 aromatic heterocycles. The maximum absolute atomic E-state index is 12.9. The third-order valence-electron chi connectivity index (χ3n) is 6.21. The van der Waals surface area contributed by atoms with Crippen LogP contribution in [0.1, 0.15) is 25.3 Å². The van der Waals surface area contributed by atoms with E-state index in [0.29, 0.717) is 37.3 Å². The van der Waals surface area contributed by atoms with Crippen LogP contribution in [0.3, 0.4) is 0 Å². The number of nitrogens with zero attached hydrogens (tertiary/aromatic N) is 1. The number of piperidine rings is 1. The fraction of sp³-hybridized carbons (Fsp3) is 0.308. The van der Waals surface area contributed by atoms with Crippen LogP contribution in [0, 0.1) is 5.92 Å². The van der Waals surface area contributed by atoms with Crippen LogP contribution in [0.25, 0.3) is 27.7 Å². The molecule has 0 saturated carbocycles. The number of benzene rings is 2. The molecule has 1 fully saturated rings. The number of carbonyl (C=O) groups excluding carboxylic acids is 1. The molecule has 1 saturated heterocycles. The van der Waals surface area contributed by atoms with E-state index in [1.165, 1.54) is 0 Å². The van der Waals surface area contributed by atoms with Gasteiger partial charge in [0.1, 0.15) is 17.1 Å². The second-order valence-electron chi connectivity index (χ2n) is 8.16. The molecule has 1 amide bonds. The Bertz CT molecular complexity index is 1220. The van der Waals surface area contributed by atoms with Crippen molar-refractivity contribution in [1.82, 2.24) is 4.90 Å². The van der Waals surface area contributed by atoms with Gasteiger partial charge < -0.3 is 23.9 Å². The zero-order chi connectivity index (χ0) is 23.5. The Kier molecular flexibility index (Phi) is 6.40. The quantitative estimate of drug-likeness (QED) is 0.542. The normalized spacial score (nSPS) is 15.0. The summed E-state index contributed by atoms with van der Waals surface area (Å²) in [6.07, 6.45) is 4.23. The number of aliphatic carboxylic acids is 1. The van der Waals surface area contributed by atoms with E-state index < -0.39 is 5.97 Å². The van der Waals surface area contributed by atoms with Gasteiger partial charge in [-0.25, -0.2) is 0 Å². The summed E-state index contributed by atoms with van der Waals surface area (Å²) in [5.74, 6) is 0.0453. The topological polar surface area (TPSA) is 89.2 Å². The number of carboxylic acids is 1. The van der Waals surface area contributed by atoms with Crippen LogP contribution < -0.4 is 9.47 Å². The molecule has 2 aromatic carbocycles. The lowest BCUT2D eigenvalue weighted by molar-refractivity contribution is -0.144. The molecule has 4 rings (SSSR count). The smallest absolute Gasteiger partial charge is 0.306 e. The molecule has 0 radical (unpaired) electrons. The van der Waals surface area contributed by atoms with Gasteiger partial charge in [-0.05, 0) is 37.5 Å². The number of rotatable bonds is 6. The summed E-state index contributed by atoms with van der Waals surface area (Å²) in [6, 6.07) is 11.5. The summed E-state index contributed by atoms with van der Waals surface area (Å²) in [5, 5.41) is 10.1. The number of likely N-dealkylation sites (tertiary alicyclic amines) is 1. The van der Waals surface area contributed by atoms with E-state index in [9.17, 15) is 14.7 Å². The lowest BCUT2D eigenvalue weighted by Gasteiger charge is -2.29. The number of ether oxygens (including phenoxy) is 2. The maximum Gasteiger partial charge on any atom is 0.306 e. The van der Waals surface area contributed by atoms with E-state index >= 15 is 0 Å². The summed E-state index contributed by atoms with van der Waals surface area (Å²) in [5.41, 5.74) is 4.02. The summed E-state index contributed by atoms with van der Waals surface area (Å²) >= 11 is 0. The summed E-state index contributed by atoms with van der Waals surface area (Å²) < 4.78 is 16.9. The zero-order valence-electron chi connectivity index (χ0n) is 19.0. The minimum Gasteiger partial charge on any atom is -0.496 e. The van der Waals surface area contributed by atoms with Crippen LogP contribution in [0.5, 0.6) is 11.5 Å². The number of allylic oxidation sites excluding steroid dienone is 1. The molecule has 7 nitrogen and oxygen atoms in total. The van der Waals surface area contributed by atoms with Crippen molar-refractivity contribution >= 4 is 28.4 Å². The molecule has 2 heterocycles. The second-order valence-corrected chi connectivity index (χ2v) is 8.16. The monoisotopic (exact) mass is 449 g/mol. The van der Waals surface area contributed by atoms with Crippen molar-refractivity contribution in [2.75, 3.05) is 27.3 Å². The zero-order valence-corrected chi connectivity index (χ0v) is 19.0. The van der Waals surface area contributed by atoms with E-state index in [0.717, 1.165) is 33.4 Å². The van der Waals surface area contributed by atoms with Crippen molar-refractivity contribution in [2.45, 2.75) is 19.8 Å². The lowest BCUT2D eigenvalue weighted by Crippen LogP contribution is -2.39. The highest BCUT2D eigenvalue weighted by atomic mass is 16.5. The highest BCUT2D eigenvalue weighted by Gasteiger charge is 2.26. The number of amides is 1. The Hall–Kier alpha value is -3.74. The Morgan fingerprint density at radius 2 is 1.76 bits per heavy atom. The highest BCUT2D eigenvalue weighted by molar-refractivity contribution is 6.01. The van der Waals surface area contributed by atoms with Crippen LogP contribution in [-0.2, 0) is 9.59 Å². The molecule has 0 unspecified atom stereocenters. The fourth-order valence-electron chi connectivity index (χ4n) is 4.31. The van der Waals surface area contributed by atoms with Gasteiger partial charge in [-0.1, -0.05) is 18.2 Å². The first-order valence-electron chi connectivity index (χ1n) is 10.9. The Balaban J connectivity index is 1.68. The van der Waals surface area contributed by atoms with Crippen molar-refractivity contribution in [3.05, 3.63) is 54.3 Å².